The number of pyridine rings is 1. The van der Waals surface area contributed by atoms with Gasteiger partial charge >= 0.3 is 6.18 Å². The Hall–Kier alpha value is -3.46. The van der Waals surface area contributed by atoms with Crippen molar-refractivity contribution in [3.8, 4) is 11.4 Å². The van der Waals surface area contributed by atoms with Gasteiger partial charge in [-0.15, -0.1) is 0 Å². The summed E-state index contributed by atoms with van der Waals surface area (Å²) in [6.45, 7) is 1.15. The zero-order valence-electron chi connectivity index (χ0n) is 16.9. The molecule has 160 valence electrons. The molecule has 0 saturated carbocycles. The van der Waals surface area contributed by atoms with Crippen molar-refractivity contribution in [3.05, 3.63) is 59.8 Å². The zero-order chi connectivity index (χ0) is 22.2. The van der Waals surface area contributed by atoms with E-state index in [0.29, 0.717) is 41.1 Å². The molecule has 0 fully saturated rings. The van der Waals surface area contributed by atoms with E-state index in [1.54, 1.807) is 24.4 Å². The molecule has 0 aliphatic carbocycles. The Bertz CT molecular complexity index is 1260. The predicted molar refractivity (Wildman–Crippen MR) is 113 cm³/mol. The fourth-order valence-corrected chi connectivity index (χ4v) is 3.31. The van der Waals surface area contributed by atoms with Gasteiger partial charge in [0.1, 0.15) is 5.82 Å². The molecule has 0 aliphatic heterocycles. The first-order chi connectivity index (χ1) is 14.7. The van der Waals surface area contributed by atoms with E-state index in [1.165, 1.54) is 6.07 Å². The van der Waals surface area contributed by atoms with Crippen molar-refractivity contribution >= 4 is 27.8 Å². The minimum absolute atomic E-state index is 0.271. The summed E-state index contributed by atoms with van der Waals surface area (Å²) in [4.78, 5) is 26.5. The van der Waals surface area contributed by atoms with Gasteiger partial charge in [-0.2, -0.15) is 13.2 Å². The van der Waals surface area contributed by atoms with E-state index >= 15 is 0 Å². The summed E-state index contributed by atoms with van der Waals surface area (Å²) < 4.78 is 39.1. The third-order valence-electron chi connectivity index (χ3n) is 4.88. The van der Waals surface area contributed by atoms with Gasteiger partial charge in [0.15, 0.2) is 0 Å². The first kappa shape index (κ1) is 20.8. The van der Waals surface area contributed by atoms with Gasteiger partial charge in [-0.05, 0) is 50.5 Å². The van der Waals surface area contributed by atoms with Crippen LogP contribution in [0, 0.1) is 0 Å². The number of nitrogens with one attached hydrogen (secondary N) is 2. The van der Waals surface area contributed by atoms with Crippen LogP contribution in [-0.2, 0) is 6.18 Å². The number of aromatic amines is 1. The second kappa shape index (κ2) is 7.99. The number of rotatable bonds is 5. The summed E-state index contributed by atoms with van der Waals surface area (Å²) in [5.41, 5.74) is 1.44. The maximum absolute atomic E-state index is 13.0. The number of carbonyl (C=O) groups is 1. The van der Waals surface area contributed by atoms with Crippen LogP contribution in [0.15, 0.2) is 48.7 Å². The highest BCUT2D eigenvalue weighted by molar-refractivity contribution is 6.07. The Balaban J connectivity index is 1.76. The second-order valence-corrected chi connectivity index (χ2v) is 7.47. The van der Waals surface area contributed by atoms with Crippen molar-refractivity contribution in [1.29, 1.82) is 0 Å². The molecular weight excluding hydrogens is 407 g/mol. The van der Waals surface area contributed by atoms with Gasteiger partial charge in [0, 0.05) is 30.2 Å². The number of hydrogen-bond acceptors (Lipinski definition) is 4. The van der Waals surface area contributed by atoms with E-state index < -0.39 is 11.7 Å². The monoisotopic (exact) mass is 427 g/mol. The standard InChI is InChI=1S/C22H20F3N5O/c1-30(2)9-8-27-21(31)16-11-14(10-13-4-3-7-26-19(13)16)20-28-17-6-5-15(22(23,24)25)12-18(17)29-20/h3-7,10-12H,8-9H2,1-2H3,(H,27,31)(H,28,29). The summed E-state index contributed by atoms with van der Waals surface area (Å²) in [5.74, 6) is 0.102. The largest absolute Gasteiger partial charge is 0.416 e. The normalized spacial score (nSPS) is 12.1. The molecule has 0 aliphatic rings. The molecule has 9 heteroatoms. The van der Waals surface area contributed by atoms with Crippen molar-refractivity contribution < 1.29 is 18.0 Å². The number of imidazole rings is 1. The van der Waals surface area contributed by atoms with Crippen LogP contribution in [0.3, 0.4) is 0 Å². The Morgan fingerprint density at radius 2 is 1.97 bits per heavy atom. The quantitative estimate of drug-likeness (QED) is 0.503. The van der Waals surface area contributed by atoms with E-state index in [0.717, 1.165) is 17.5 Å². The maximum atomic E-state index is 13.0. The molecule has 0 radical (unpaired) electrons. The van der Waals surface area contributed by atoms with Gasteiger partial charge in [-0.1, -0.05) is 6.07 Å². The van der Waals surface area contributed by atoms with Gasteiger partial charge in [0.05, 0.1) is 27.7 Å². The molecule has 0 saturated heterocycles. The Morgan fingerprint density at radius 1 is 1.16 bits per heavy atom. The highest BCUT2D eigenvalue weighted by Gasteiger charge is 2.30. The van der Waals surface area contributed by atoms with Crippen LogP contribution in [0.5, 0.6) is 0 Å². The van der Waals surface area contributed by atoms with Gasteiger partial charge < -0.3 is 15.2 Å². The molecule has 4 rings (SSSR count). The third-order valence-corrected chi connectivity index (χ3v) is 4.88. The van der Waals surface area contributed by atoms with Crippen molar-refractivity contribution in [2.45, 2.75) is 6.18 Å². The summed E-state index contributed by atoms with van der Waals surface area (Å²) >= 11 is 0. The number of benzene rings is 2. The van der Waals surface area contributed by atoms with Gasteiger partial charge in [-0.25, -0.2) is 4.98 Å². The lowest BCUT2D eigenvalue weighted by atomic mass is 10.0. The molecule has 6 nitrogen and oxygen atoms in total. The van der Waals surface area contributed by atoms with Gasteiger partial charge in [-0.3, -0.25) is 9.78 Å². The lowest BCUT2D eigenvalue weighted by Gasteiger charge is -2.12. The molecule has 0 unspecified atom stereocenters. The third kappa shape index (κ3) is 4.36. The van der Waals surface area contributed by atoms with Crippen molar-refractivity contribution in [3.63, 3.8) is 0 Å². The number of H-pyrrole nitrogens is 1. The highest BCUT2D eigenvalue weighted by Crippen LogP contribution is 2.32. The lowest BCUT2D eigenvalue weighted by molar-refractivity contribution is -0.137. The zero-order valence-corrected chi connectivity index (χ0v) is 16.9. The first-order valence-electron chi connectivity index (χ1n) is 9.61. The second-order valence-electron chi connectivity index (χ2n) is 7.47. The molecular formula is C22H20F3N5O. The number of likely N-dealkylation sites (N-methyl/N-ethyl adjacent to an activating group) is 1. The summed E-state index contributed by atoms with van der Waals surface area (Å²) in [6, 6.07) is 10.4. The molecule has 2 aromatic carbocycles. The van der Waals surface area contributed by atoms with Crippen molar-refractivity contribution in [1.82, 2.24) is 25.2 Å². The van der Waals surface area contributed by atoms with Crippen LogP contribution in [0.4, 0.5) is 13.2 Å². The Kier molecular flexibility index (Phi) is 5.36. The highest BCUT2D eigenvalue weighted by atomic mass is 19.4. The topological polar surface area (TPSA) is 73.9 Å². The van der Waals surface area contributed by atoms with Crippen LogP contribution in [-0.4, -0.2) is 52.9 Å². The van der Waals surface area contributed by atoms with E-state index in [2.05, 4.69) is 20.3 Å². The molecule has 2 aromatic heterocycles. The average molecular weight is 427 g/mol. The molecule has 0 atom stereocenters. The number of halogens is 3. The van der Waals surface area contributed by atoms with Gasteiger partial charge in [0.2, 0.25) is 0 Å². The van der Waals surface area contributed by atoms with E-state index in [-0.39, 0.29) is 11.4 Å². The van der Waals surface area contributed by atoms with E-state index in [4.69, 9.17) is 0 Å². The maximum Gasteiger partial charge on any atom is 0.416 e. The number of nitrogens with zero attached hydrogens (tertiary/aromatic N) is 3. The lowest BCUT2D eigenvalue weighted by Crippen LogP contribution is -2.31. The molecule has 1 amide bonds. The SMILES string of the molecule is CN(C)CCNC(=O)c1cc(-c2nc3ccc(C(F)(F)F)cc3[nH]2)cc2cccnc12. The Morgan fingerprint density at radius 3 is 2.71 bits per heavy atom. The van der Waals surface area contributed by atoms with Crippen LogP contribution in [0.2, 0.25) is 0 Å². The van der Waals surface area contributed by atoms with E-state index in [9.17, 15) is 18.0 Å². The van der Waals surface area contributed by atoms with Crippen molar-refractivity contribution in [2.24, 2.45) is 0 Å². The van der Waals surface area contributed by atoms with Crippen LogP contribution >= 0.6 is 0 Å². The molecule has 31 heavy (non-hydrogen) atoms. The van der Waals surface area contributed by atoms with Crippen molar-refractivity contribution in [2.75, 3.05) is 27.2 Å². The summed E-state index contributed by atoms with van der Waals surface area (Å²) in [7, 11) is 3.82. The molecule has 4 aromatic rings. The smallest absolute Gasteiger partial charge is 0.351 e. The fraction of sp³-hybridized carbons (Fsp3) is 0.227. The van der Waals surface area contributed by atoms with Crippen LogP contribution < -0.4 is 5.32 Å². The number of fused-ring (bicyclic) bond motifs is 2. The molecule has 0 spiro atoms. The van der Waals surface area contributed by atoms with Crippen LogP contribution in [0.25, 0.3) is 33.3 Å². The average Bonchev–Trinajstić information content (AvgIpc) is 3.15. The minimum Gasteiger partial charge on any atom is -0.351 e. The van der Waals surface area contributed by atoms with Crippen LogP contribution in [0.1, 0.15) is 15.9 Å². The molecule has 2 heterocycles. The summed E-state index contributed by atoms with van der Waals surface area (Å²) in [6.07, 6.45) is -2.83. The number of alkyl halides is 3. The van der Waals surface area contributed by atoms with E-state index in [1.807, 2.05) is 25.1 Å². The number of amides is 1. The Labute approximate surface area is 176 Å². The predicted octanol–water partition coefficient (Wildman–Crippen LogP) is 4.09. The van der Waals surface area contributed by atoms with Gasteiger partial charge in [0.25, 0.3) is 5.91 Å². The fourth-order valence-electron chi connectivity index (χ4n) is 3.31. The first-order valence-corrected chi connectivity index (χ1v) is 9.61. The number of aromatic nitrogens is 3. The summed E-state index contributed by atoms with van der Waals surface area (Å²) in [5, 5.41) is 3.61. The minimum atomic E-state index is -4.44. The number of carbonyl (C=O) groups excluding carboxylic acids is 1. The molecule has 2 N–H and O–H groups in total. The number of hydrogen-bond donors (Lipinski definition) is 2. The molecule has 0 bridgehead atoms.